The third-order valence-corrected chi connectivity index (χ3v) is 6.76. The first kappa shape index (κ1) is 25.4. The van der Waals surface area contributed by atoms with Crippen LogP contribution in [0.1, 0.15) is 49.5 Å². The molecule has 0 unspecified atom stereocenters. The lowest BCUT2D eigenvalue weighted by atomic mass is 10.1. The SMILES string of the molecule is CC(C)CNC(=O)[C@@H](C)N(CCc1ccccc1)C(=O)CCCN1C(=O)c2cccc3cccc1c23. The van der Waals surface area contributed by atoms with Crippen molar-refractivity contribution in [2.24, 2.45) is 5.92 Å². The van der Waals surface area contributed by atoms with E-state index < -0.39 is 6.04 Å². The lowest BCUT2D eigenvalue weighted by Crippen LogP contribution is -2.49. The molecule has 0 spiro atoms. The molecule has 0 fully saturated rings. The van der Waals surface area contributed by atoms with Gasteiger partial charge in [0.25, 0.3) is 5.91 Å². The van der Waals surface area contributed by atoms with Gasteiger partial charge in [0.1, 0.15) is 6.04 Å². The van der Waals surface area contributed by atoms with Crippen molar-refractivity contribution >= 4 is 34.2 Å². The summed E-state index contributed by atoms with van der Waals surface area (Å²) < 4.78 is 0. The van der Waals surface area contributed by atoms with Gasteiger partial charge in [-0.2, -0.15) is 0 Å². The van der Waals surface area contributed by atoms with E-state index in [9.17, 15) is 14.4 Å². The second-order valence-electron chi connectivity index (χ2n) is 9.88. The minimum atomic E-state index is -0.564. The van der Waals surface area contributed by atoms with Crippen molar-refractivity contribution in [1.29, 1.82) is 0 Å². The van der Waals surface area contributed by atoms with E-state index >= 15 is 0 Å². The molecule has 1 aliphatic heterocycles. The third-order valence-electron chi connectivity index (χ3n) is 6.76. The first-order valence-corrected chi connectivity index (χ1v) is 12.8. The molecule has 0 aliphatic carbocycles. The van der Waals surface area contributed by atoms with Crippen molar-refractivity contribution in [2.75, 3.05) is 24.5 Å². The van der Waals surface area contributed by atoms with Gasteiger partial charge in [-0.1, -0.05) is 68.4 Å². The van der Waals surface area contributed by atoms with Gasteiger partial charge in [0.15, 0.2) is 0 Å². The molecule has 0 bridgehead atoms. The van der Waals surface area contributed by atoms with Crippen LogP contribution in [-0.2, 0) is 16.0 Å². The molecule has 3 aromatic carbocycles. The molecular weight excluding hydrogens is 450 g/mol. The van der Waals surface area contributed by atoms with Crippen molar-refractivity contribution < 1.29 is 14.4 Å². The van der Waals surface area contributed by atoms with E-state index in [-0.39, 0.29) is 24.1 Å². The van der Waals surface area contributed by atoms with Gasteiger partial charge >= 0.3 is 0 Å². The highest BCUT2D eigenvalue weighted by Crippen LogP contribution is 2.37. The van der Waals surface area contributed by atoms with E-state index in [0.717, 1.165) is 22.0 Å². The fraction of sp³-hybridized carbons (Fsp3) is 0.367. The monoisotopic (exact) mass is 485 g/mol. The van der Waals surface area contributed by atoms with Crippen molar-refractivity contribution in [2.45, 2.75) is 46.1 Å². The molecule has 1 N–H and O–H groups in total. The van der Waals surface area contributed by atoms with Crippen LogP contribution in [0.15, 0.2) is 66.7 Å². The van der Waals surface area contributed by atoms with Gasteiger partial charge in [0.05, 0.1) is 5.69 Å². The van der Waals surface area contributed by atoms with Crippen molar-refractivity contribution in [1.82, 2.24) is 10.2 Å². The van der Waals surface area contributed by atoms with Crippen LogP contribution in [0.25, 0.3) is 10.8 Å². The molecular formula is C30H35N3O3. The van der Waals surface area contributed by atoms with Crippen LogP contribution in [-0.4, -0.2) is 48.3 Å². The van der Waals surface area contributed by atoms with Gasteiger partial charge in [-0.15, -0.1) is 0 Å². The van der Waals surface area contributed by atoms with Crippen LogP contribution in [0.4, 0.5) is 5.69 Å². The van der Waals surface area contributed by atoms with E-state index in [1.165, 1.54) is 0 Å². The fourth-order valence-electron chi connectivity index (χ4n) is 4.76. The zero-order chi connectivity index (χ0) is 25.7. The van der Waals surface area contributed by atoms with Crippen molar-refractivity contribution in [3.8, 4) is 0 Å². The van der Waals surface area contributed by atoms with Gasteiger partial charge < -0.3 is 15.1 Å². The highest BCUT2D eigenvalue weighted by Gasteiger charge is 2.30. The van der Waals surface area contributed by atoms with Gasteiger partial charge in [0.2, 0.25) is 11.8 Å². The summed E-state index contributed by atoms with van der Waals surface area (Å²) >= 11 is 0. The Morgan fingerprint density at radius 3 is 2.39 bits per heavy atom. The molecule has 0 saturated heterocycles. The molecule has 0 aromatic heterocycles. The first-order valence-electron chi connectivity index (χ1n) is 12.8. The van der Waals surface area contributed by atoms with E-state index in [2.05, 4.69) is 5.32 Å². The summed E-state index contributed by atoms with van der Waals surface area (Å²) in [5, 5.41) is 4.99. The molecule has 36 heavy (non-hydrogen) atoms. The number of carbonyl (C=O) groups excluding carboxylic acids is 3. The molecule has 3 aromatic rings. The van der Waals surface area contributed by atoms with Gasteiger partial charge in [-0.05, 0) is 48.8 Å². The molecule has 1 heterocycles. The van der Waals surface area contributed by atoms with Crippen molar-refractivity contribution in [3.05, 3.63) is 77.9 Å². The number of carbonyl (C=O) groups is 3. The van der Waals surface area contributed by atoms with E-state index in [0.29, 0.717) is 44.0 Å². The highest BCUT2D eigenvalue weighted by atomic mass is 16.2. The maximum Gasteiger partial charge on any atom is 0.258 e. The molecule has 1 aliphatic rings. The number of amides is 3. The van der Waals surface area contributed by atoms with Crippen LogP contribution in [0, 0.1) is 5.92 Å². The number of anilines is 1. The summed E-state index contributed by atoms with van der Waals surface area (Å²) in [5.41, 5.74) is 2.75. The Bertz CT molecular complexity index is 1230. The van der Waals surface area contributed by atoms with Crippen LogP contribution >= 0.6 is 0 Å². The number of hydrogen-bond donors (Lipinski definition) is 1. The van der Waals surface area contributed by atoms with E-state index in [1.54, 1.807) is 16.7 Å². The maximum atomic E-state index is 13.4. The zero-order valence-electron chi connectivity index (χ0n) is 21.4. The Hall–Kier alpha value is -3.67. The van der Waals surface area contributed by atoms with Gasteiger partial charge in [-0.3, -0.25) is 14.4 Å². The third kappa shape index (κ3) is 5.59. The lowest BCUT2D eigenvalue weighted by Gasteiger charge is -2.29. The summed E-state index contributed by atoms with van der Waals surface area (Å²) in [6, 6.07) is 21.1. The second kappa shape index (κ2) is 11.4. The quantitative estimate of drug-likeness (QED) is 0.424. The van der Waals surface area contributed by atoms with Gasteiger partial charge in [-0.25, -0.2) is 0 Å². The topological polar surface area (TPSA) is 69.7 Å². The molecule has 4 rings (SSSR count). The Balaban J connectivity index is 1.41. The number of rotatable bonds is 11. The highest BCUT2D eigenvalue weighted by molar-refractivity contribution is 6.25. The molecule has 0 saturated carbocycles. The lowest BCUT2D eigenvalue weighted by molar-refractivity contribution is -0.140. The Morgan fingerprint density at radius 1 is 0.944 bits per heavy atom. The largest absolute Gasteiger partial charge is 0.354 e. The Morgan fingerprint density at radius 2 is 1.67 bits per heavy atom. The molecule has 6 nitrogen and oxygen atoms in total. The Kier molecular flexibility index (Phi) is 8.04. The number of hydrogen-bond acceptors (Lipinski definition) is 3. The van der Waals surface area contributed by atoms with Crippen LogP contribution in [0.5, 0.6) is 0 Å². The second-order valence-corrected chi connectivity index (χ2v) is 9.88. The number of nitrogens with zero attached hydrogens (tertiary/aromatic N) is 2. The van der Waals surface area contributed by atoms with E-state index in [1.807, 2.05) is 80.6 Å². The number of nitrogens with one attached hydrogen (secondary N) is 1. The average Bonchev–Trinajstić information content (AvgIpc) is 3.16. The predicted molar refractivity (Wildman–Crippen MR) is 144 cm³/mol. The Labute approximate surface area is 213 Å². The van der Waals surface area contributed by atoms with Crippen LogP contribution in [0.3, 0.4) is 0 Å². The minimum Gasteiger partial charge on any atom is -0.354 e. The average molecular weight is 486 g/mol. The van der Waals surface area contributed by atoms with E-state index in [4.69, 9.17) is 0 Å². The standard InChI is InChI=1S/C30H35N3O3/c1-21(2)20-31-29(35)22(3)32(19-17-23-10-5-4-6-11-23)27(34)16-9-18-33-26-15-8-13-24-12-7-14-25(28(24)26)30(33)36/h4-8,10-15,21-22H,9,16-20H2,1-3H3,(H,31,35)/t22-/m1/s1. The maximum absolute atomic E-state index is 13.4. The predicted octanol–water partition coefficient (Wildman–Crippen LogP) is 4.81. The molecule has 6 heteroatoms. The first-order chi connectivity index (χ1) is 17.4. The molecule has 3 amide bonds. The number of benzene rings is 3. The summed E-state index contributed by atoms with van der Waals surface area (Å²) in [4.78, 5) is 42.7. The summed E-state index contributed by atoms with van der Waals surface area (Å²) in [7, 11) is 0. The van der Waals surface area contributed by atoms with Gasteiger partial charge in [0, 0.05) is 37.0 Å². The molecule has 1 atom stereocenters. The van der Waals surface area contributed by atoms with Crippen molar-refractivity contribution in [3.63, 3.8) is 0 Å². The molecule has 0 radical (unpaired) electrons. The smallest absolute Gasteiger partial charge is 0.258 e. The summed E-state index contributed by atoms with van der Waals surface area (Å²) in [5.74, 6) is 0.111. The van der Waals surface area contributed by atoms with Crippen LogP contribution < -0.4 is 10.2 Å². The van der Waals surface area contributed by atoms with Crippen LogP contribution in [0.2, 0.25) is 0 Å². The summed E-state index contributed by atoms with van der Waals surface area (Å²) in [6.07, 6.45) is 1.47. The normalized spacial score (nSPS) is 13.3. The minimum absolute atomic E-state index is 0.0170. The fourth-order valence-corrected chi connectivity index (χ4v) is 4.76. The molecule has 188 valence electrons. The summed E-state index contributed by atoms with van der Waals surface area (Å²) in [6.45, 7) is 7.38. The zero-order valence-corrected chi connectivity index (χ0v) is 21.4.